The topological polar surface area (TPSA) is 59.8 Å². The largest absolute Gasteiger partial charge is 0.308 e. The maximum atomic E-state index is 12.4. The molecule has 0 radical (unpaired) electrons. The predicted molar refractivity (Wildman–Crippen MR) is 98.1 cm³/mol. The Morgan fingerprint density at radius 1 is 1.25 bits per heavy atom. The zero-order valence-corrected chi connectivity index (χ0v) is 15.0. The second-order valence-corrected chi connectivity index (χ2v) is 7.33. The van der Waals surface area contributed by atoms with Crippen molar-refractivity contribution in [1.29, 1.82) is 0 Å². The summed E-state index contributed by atoms with van der Waals surface area (Å²) in [5, 5.41) is 9.52. The van der Waals surface area contributed by atoms with Crippen LogP contribution in [-0.4, -0.2) is 20.7 Å². The Kier molecular flexibility index (Phi) is 4.03. The molecule has 0 fully saturated rings. The quantitative estimate of drug-likeness (QED) is 0.782. The highest BCUT2D eigenvalue weighted by Gasteiger charge is 2.24. The number of pyridine rings is 1. The van der Waals surface area contributed by atoms with Gasteiger partial charge in [0.25, 0.3) is 0 Å². The van der Waals surface area contributed by atoms with Crippen LogP contribution in [0.25, 0.3) is 21.9 Å². The van der Waals surface area contributed by atoms with Crippen LogP contribution in [-0.2, 0) is 11.3 Å². The number of benzene rings is 1. The molecule has 5 nitrogen and oxygen atoms in total. The lowest BCUT2D eigenvalue weighted by atomic mass is 9.96. The van der Waals surface area contributed by atoms with Gasteiger partial charge in [0.15, 0.2) is 11.5 Å². The number of aryl methyl sites for hydroxylation is 2. The molecule has 0 aliphatic carbocycles. The lowest BCUT2D eigenvalue weighted by Gasteiger charge is -2.16. The van der Waals surface area contributed by atoms with Crippen molar-refractivity contribution in [3.05, 3.63) is 29.8 Å². The molecule has 0 atom stereocenters. The number of amides is 1. The van der Waals surface area contributed by atoms with Crippen LogP contribution < -0.4 is 5.32 Å². The van der Waals surface area contributed by atoms with Gasteiger partial charge in [-0.3, -0.25) is 4.79 Å². The molecule has 0 spiro atoms. The van der Waals surface area contributed by atoms with Crippen molar-refractivity contribution in [3.8, 4) is 0 Å². The number of anilines is 1. The lowest BCUT2D eigenvalue weighted by molar-refractivity contribution is -0.123. The molecular formula is C19H24N4O. The first-order valence-electron chi connectivity index (χ1n) is 8.39. The monoisotopic (exact) mass is 324 g/mol. The van der Waals surface area contributed by atoms with E-state index in [0.717, 1.165) is 34.9 Å². The third-order valence-electron chi connectivity index (χ3n) is 4.02. The smallest absolute Gasteiger partial charge is 0.230 e. The number of nitrogens with one attached hydrogen (secondary N) is 1. The Bertz CT molecular complexity index is 918. The first-order valence-corrected chi connectivity index (χ1v) is 8.39. The summed E-state index contributed by atoms with van der Waals surface area (Å²) in [4.78, 5) is 17.2. The average molecular weight is 324 g/mol. The second kappa shape index (κ2) is 5.89. The molecule has 1 aromatic carbocycles. The van der Waals surface area contributed by atoms with Gasteiger partial charge >= 0.3 is 0 Å². The van der Waals surface area contributed by atoms with Crippen molar-refractivity contribution in [1.82, 2.24) is 14.8 Å². The Labute approximate surface area is 142 Å². The van der Waals surface area contributed by atoms with Crippen LogP contribution in [0.1, 0.15) is 39.7 Å². The van der Waals surface area contributed by atoms with Crippen molar-refractivity contribution < 1.29 is 4.79 Å². The molecule has 126 valence electrons. The van der Waals surface area contributed by atoms with E-state index < -0.39 is 5.41 Å². The summed E-state index contributed by atoms with van der Waals surface area (Å²) >= 11 is 0. The minimum atomic E-state index is -0.471. The van der Waals surface area contributed by atoms with E-state index >= 15 is 0 Å². The Morgan fingerprint density at radius 3 is 2.67 bits per heavy atom. The van der Waals surface area contributed by atoms with Crippen LogP contribution in [0.4, 0.5) is 5.82 Å². The summed E-state index contributed by atoms with van der Waals surface area (Å²) in [6.07, 6.45) is 0.955. The average Bonchev–Trinajstić information content (AvgIpc) is 2.82. The summed E-state index contributed by atoms with van der Waals surface area (Å²) in [6, 6.07) is 8.27. The van der Waals surface area contributed by atoms with Crippen LogP contribution in [0.2, 0.25) is 0 Å². The van der Waals surface area contributed by atoms with E-state index in [4.69, 9.17) is 4.98 Å². The highest BCUT2D eigenvalue weighted by atomic mass is 16.2. The van der Waals surface area contributed by atoms with Gasteiger partial charge in [0.05, 0.1) is 10.9 Å². The van der Waals surface area contributed by atoms with Gasteiger partial charge in [-0.05, 0) is 31.5 Å². The molecule has 1 N–H and O–H groups in total. The minimum absolute atomic E-state index is 0.0464. The molecule has 0 saturated heterocycles. The third-order valence-corrected chi connectivity index (χ3v) is 4.02. The lowest BCUT2D eigenvalue weighted by Crippen LogP contribution is -2.27. The van der Waals surface area contributed by atoms with Gasteiger partial charge in [0, 0.05) is 17.3 Å². The second-order valence-electron chi connectivity index (χ2n) is 7.33. The van der Waals surface area contributed by atoms with Gasteiger partial charge in [-0.25, -0.2) is 9.67 Å². The third kappa shape index (κ3) is 2.98. The van der Waals surface area contributed by atoms with E-state index in [-0.39, 0.29) is 5.91 Å². The Balaban J connectivity index is 2.19. The molecule has 0 aliphatic heterocycles. The SMILES string of the molecule is CCCn1nc(NC(=O)C(C)(C)C)c2cc3cc(C)ccc3nc21. The fourth-order valence-electron chi connectivity index (χ4n) is 2.63. The van der Waals surface area contributed by atoms with E-state index in [1.54, 1.807) is 0 Å². The molecule has 0 saturated carbocycles. The van der Waals surface area contributed by atoms with E-state index in [2.05, 4.69) is 42.5 Å². The standard InChI is InChI=1S/C19H24N4O/c1-6-9-23-17-14(16(22-23)21-18(24)19(3,4)5)11-13-10-12(2)7-8-15(13)20-17/h7-8,10-11H,6,9H2,1-5H3,(H,21,22,24). The summed E-state index contributed by atoms with van der Waals surface area (Å²) < 4.78 is 1.88. The van der Waals surface area contributed by atoms with Crippen molar-refractivity contribution in [2.75, 3.05) is 5.32 Å². The highest BCUT2D eigenvalue weighted by Crippen LogP contribution is 2.28. The number of rotatable bonds is 3. The van der Waals surface area contributed by atoms with Crippen molar-refractivity contribution in [3.63, 3.8) is 0 Å². The maximum Gasteiger partial charge on any atom is 0.230 e. The molecule has 2 heterocycles. The van der Waals surface area contributed by atoms with Crippen LogP contribution in [0, 0.1) is 12.3 Å². The number of carbonyl (C=O) groups is 1. The molecule has 0 aliphatic rings. The first-order chi connectivity index (χ1) is 11.3. The van der Waals surface area contributed by atoms with Gasteiger partial charge in [0.1, 0.15) is 0 Å². The summed E-state index contributed by atoms with van der Waals surface area (Å²) in [5.41, 5.74) is 2.48. The van der Waals surface area contributed by atoms with Crippen LogP contribution in [0.15, 0.2) is 24.3 Å². The zero-order chi connectivity index (χ0) is 17.5. The summed E-state index contributed by atoms with van der Waals surface area (Å²) in [5.74, 6) is 0.546. The number of hydrogen-bond donors (Lipinski definition) is 1. The number of nitrogens with zero attached hydrogens (tertiary/aromatic N) is 3. The van der Waals surface area contributed by atoms with Crippen molar-refractivity contribution >= 4 is 33.7 Å². The molecule has 0 unspecified atom stereocenters. The number of carbonyl (C=O) groups excluding carboxylic acids is 1. The van der Waals surface area contributed by atoms with Gasteiger partial charge in [0.2, 0.25) is 5.91 Å². The Morgan fingerprint density at radius 2 is 2.00 bits per heavy atom. The minimum Gasteiger partial charge on any atom is -0.308 e. The van der Waals surface area contributed by atoms with Crippen LogP contribution >= 0.6 is 0 Å². The number of aromatic nitrogens is 3. The normalized spacial score (nSPS) is 12.0. The summed E-state index contributed by atoms with van der Waals surface area (Å²) in [7, 11) is 0. The van der Waals surface area contributed by atoms with E-state index in [9.17, 15) is 4.79 Å². The molecule has 2 aromatic heterocycles. The number of fused-ring (bicyclic) bond motifs is 2. The highest BCUT2D eigenvalue weighted by molar-refractivity contribution is 6.03. The molecule has 3 aromatic rings. The molecule has 0 bridgehead atoms. The Hall–Kier alpha value is -2.43. The number of hydrogen-bond acceptors (Lipinski definition) is 3. The molecular weight excluding hydrogens is 300 g/mol. The molecule has 5 heteroatoms. The summed E-state index contributed by atoms with van der Waals surface area (Å²) in [6.45, 7) is 10.6. The van der Waals surface area contributed by atoms with Crippen LogP contribution in [0.5, 0.6) is 0 Å². The zero-order valence-electron chi connectivity index (χ0n) is 15.0. The van der Waals surface area contributed by atoms with E-state index in [1.165, 1.54) is 5.56 Å². The predicted octanol–water partition coefficient (Wildman–Crippen LogP) is 4.29. The van der Waals surface area contributed by atoms with Crippen molar-refractivity contribution in [2.45, 2.75) is 47.6 Å². The first kappa shape index (κ1) is 16.4. The molecule has 3 rings (SSSR count). The van der Waals surface area contributed by atoms with E-state index in [0.29, 0.717) is 5.82 Å². The fourth-order valence-corrected chi connectivity index (χ4v) is 2.63. The maximum absolute atomic E-state index is 12.4. The van der Waals surface area contributed by atoms with Gasteiger partial charge < -0.3 is 5.32 Å². The van der Waals surface area contributed by atoms with E-state index in [1.807, 2.05) is 31.5 Å². The van der Waals surface area contributed by atoms with Crippen LogP contribution in [0.3, 0.4) is 0 Å². The van der Waals surface area contributed by atoms with Gasteiger partial charge in [-0.1, -0.05) is 39.3 Å². The van der Waals surface area contributed by atoms with Gasteiger partial charge in [-0.15, -0.1) is 0 Å². The van der Waals surface area contributed by atoms with Gasteiger partial charge in [-0.2, -0.15) is 5.10 Å². The molecule has 24 heavy (non-hydrogen) atoms. The fraction of sp³-hybridized carbons (Fsp3) is 0.421. The van der Waals surface area contributed by atoms with Crippen molar-refractivity contribution in [2.24, 2.45) is 5.41 Å². The molecule has 1 amide bonds.